The highest BCUT2D eigenvalue weighted by Crippen LogP contribution is 2.26. The van der Waals surface area contributed by atoms with Gasteiger partial charge in [-0.1, -0.05) is 12.1 Å². The number of aryl methyl sites for hydroxylation is 3. The van der Waals surface area contributed by atoms with Gasteiger partial charge in [-0.15, -0.1) is 0 Å². The molecule has 1 heterocycles. The summed E-state index contributed by atoms with van der Waals surface area (Å²) in [6, 6.07) is 12.0. The molecule has 3 aromatic rings. The molecule has 0 saturated heterocycles. The molecule has 5 nitrogen and oxygen atoms in total. The number of fused-ring (bicyclic) bond motifs is 1. The first kappa shape index (κ1) is 19.2. The van der Waals surface area contributed by atoms with Crippen molar-refractivity contribution in [3.8, 4) is 11.5 Å². The Hall–Kier alpha value is -2.53. The average Bonchev–Trinajstić information content (AvgIpc) is 3.00. The van der Waals surface area contributed by atoms with Crippen molar-refractivity contribution in [3.63, 3.8) is 0 Å². The molecule has 0 saturated carbocycles. The highest BCUT2D eigenvalue weighted by atomic mass is 16.5. The second-order valence-electron chi connectivity index (χ2n) is 6.70. The Labute approximate surface area is 160 Å². The number of para-hydroxylation sites is 2. The minimum atomic E-state index is -0.0506. The van der Waals surface area contributed by atoms with Crippen LogP contribution in [0.4, 0.5) is 0 Å². The van der Waals surface area contributed by atoms with Crippen LogP contribution in [0.15, 0.2) is 36.4 Å². The zero-order valence-corrected chi connectivity index (χ0v) is 16.4. The molecular formula is C22H28N2O3. The van der Waals surface area contributed by atoms with Crippen LogP contribution in [0.5, 0.6) is 11.5 Å². The summed E-state index contributed by atoms with van der Waals surface area (Å²) in [6.45, 7) is 8.17. The summed E-state index contributed by atoms with van der Waals surface area (Å²) < 4.78 is 13.6. The van der Waals surface area contributed by atoms with Gasteiger partial charge in [0.1, 0.15) is 12.4 Å². The molecular weight excluding hydrogens is 340 g/mol. The monoisotopic (exact) mass is 368 g/mol. The molecule has 0 fully saturated rings. The van der Waals surface area contributed by atoms with E-state index < -0.39 is 0 Å². The van der Waals surface area contributed by atoms with E-state index in [2.05, 4.69) is 35.5 Å². The Kier molecular flexibility index (Phi) is 6.35. The number of hydrogen-bond donors (Lipinski definition) is 1. The van der Waals surface area contributed by atoms with E-state index in [1.54, 1.807) is 0 Å². The van der Waals surface area contributed by atoms with Gasteiger partial charge >= 0.3 is 0 Å². The maximum Gasteiger partial charge on any atom is 0.161 e. The lowest BCUT2D eigenvalue weighted by Crippen LogP contribution is -2.06. The van der Waals surface area contributed by atoms with Crippen LogP contribution in [0.1, 0.15) is 36.7 Å². The van der Waals surface area contributed by atoms with Crippen LogP contribution in [0.2, 0.25) is 0 Å². The van der Waals surface area contributed by atoms with E-state index in [0.717, 1.165) is 47.7 Å². The minimum absolute atomic E-state index is 0.0506. The van der Waals surface area contributed by atoms with Crippen molar-refractivity contribution < 1.29 is 14.6 Å². The molecule has 144 valence electrons. The summed E-state index contributed by atoms with van der Waals surface area (Å²) in [7, 11) is 0. The fourth-order valence-electron chi connectivity index (χ4n) is 3.20. The number of imidazole rings is 1. The number of unbranched alkanes of at least 4 members (excludes halogenated alkanes) is 1. The summed E-state index contributed by atoms with van der Waals surface area (Å²) >= 11 is 0. The molecule has 2 aromatic carbocycles. The average molecular weight is 368 g/mol. The summed E-state index contributed by atoms with van der Waals surface area (Å²) in [4.78, 5) is 4.58. The van der Waals surface area contributed by atoms with Crippen LogP contribution >= 0.6 is 0 Å². The van der Waals surface area contributed by atoms with Gasteiger partial charge in [0.05, 0.1) is 24.2 Å². The van der Waals surface area contributed by atoms with Crippen molar-refractivity contribution in [2.75, 3.05) is 13.2 Å². The van der Waals surface area contributed by atoms with Gasteiger partial charge < -0.3 is 19.1 Å². The van der Waals surface area contributed by atoms with Crippen molar-refractivity contribution in [3.05, 3.63) is 53.3 Å². The summed E-state index contributed by atoms with van der Waals surface area (Å²) in [5, 5.41) is 9.67. The number of rotatable bonds is 9. The number of aliphatic hydroxyl groups excluding tert-OH is 1. The summed E-state index contributed by atoms with van der Waals surface area (Å²) in [6.07, 6.45) is 1.86. The smallest absolute Gasteiger partial charge is 0.161 e. The summed E-state index contributed by atoms with van der Waals surface area (Å²) in [5.41, 5.74) is 4.50. The molecule has 0 bridgehead atoms. The summed E-state index contributed by atoms with van der Waals surface area (Å²) in [5.74, 6) is 2.29. The Balaban J connectivity index is 1.60. The van der Waals surface area contributed by atoms with Gasteiger partial charge in [-0.3, -0.25) is 0 Å². The highest BCUT2D eigenvalue weighted by molar-refractivity contribution is 5.78. The van der Waals surface area contributed by atoms with Crippen molar-refractivity contribution in [2.24, 2.45) is 0 Å². The molecule has 0 unspecified atom stereocenters. The predicted molar refractivity (Wildman–Crippen MR) is 107 cm³/mol. The first-order valence-corrected chi connectivity index (χ1v) is 9.56. The lowest BCUT2D eigenvalue weighted by Gasteiger charge is -2.12. The molecule has 0 aliphatic heterocycles. The molecule has 1 N–H and O–H groups in total. The van der Waals surface area contributed by atoms with Crippen molar-refractivity contribution in [1.29, 1.82) is 0 Å². The SMILES string of the molecule is CCOc1ccccc1OCCCCn1c(CO)nc2cc(C)c(C)cc21. The number of nitrogens with zero attached hydrogens (tertiary/aromatic N) is 2. The zero-order valence-electron chi connectivity index (χ0n) is 16.4. The van der Waals surface area contributed by atoms with Crippen LogP contribution in [0.25, 0.3) is 11.0 Å². The van der Waals surface area contributed by atoms with Crippen molar-refractivity contribution >= 4 is 11.0 Å². The van der Waals surface area contributed by atoms with Gasteiger partial charge in [0, 0.05) is 6.54 Å². The fraction of sp³-hybridized carbons (Fsp3) is 0.409. The van der Waals surface area contributed by atoms with Gasteiger partial charge in [-0.25, -0.2) is 4.98 Å². The third-order valence-electron chi connectivity index (χ3n) is 4.77. The Morgan fingerprint density at radius 2 is 1.70 bits per heavy atom. The molecule has 0 amide bonds. The van der Waals surface area contributed by atoms with E-state index in [4.69, 9.17) is 9.47 Å². The standard InChI is InChI=1S/C22H28N2O3/c1-4-26-20-9-5-6-10-21(20)27-12-8-7-11-24-19-14-17(3)16(2)13-18(19)23-22(24)15-25/h5-6,9-10,13-14,25H,4,7-8,11-12,15H2,1-3H3. The van der Waals surface area contributed by atoms with Crippen LogP contribution in [0, 0.1) is 13.8 Å². The molecule has 0 aliphatic rings. The highest BCUT2D eigenvalue weighted by Gasteiger charge is 2.11. The zero-order chi connectivity index (χ0) is 19.2. The number of benzene rings is 2. The second kappa shape index (κ2) is 8.91. The van der Waals surface area contributed by atoms with Gasteiger partial charge in [-0.05, 0) is 69.0 Å². The second-order valence-corrected chi connectivity index (χ2v) is 6.70. The number of aliphatic hydroxyl groups is 1. The van der Waals surface area contributed by atoms with Crippen molar-refractivity contribution in [2.45, 2.75) is 46.8 Å². The van der Waals surface area contributed by atoms with E-state index in [-0.39, 0.29) is 6.61 Å². The largest absolute Gasteiger partial charge is 0.490 e. The van der Waals surface area contributed by atoms with Gasteiger partial charge in [-0.2, -0.15) is 0 Å². The number of ether oxygens (including phenoxy) is 2. The maximum absolute atomic E-state index is 9.67. The Morgan fingerprint density at radius 3 is 2.41 bits per heavy atom. The van der Waals surface area contributed by atoms with Gasteiger partial charge in [0.25, 0.3) is 0 Å². The molecule has 3 rings (SSSR count). The molecule has 0 aliphatic carbocycles. The molecule has 1 aromatic heterocycles. The maximum atomic E-state index is 9.67. The number of aromatic nitrogens is 2. The van der Waals surface area contributed by atoms with Gasteiger partial charge in [0.15, 0.2) is 11.5 Å². The van der Waals surface area contributed by atoms with E-state index in [0.29, 0.717) is 13.2 Å². The van der Waals surface area contributed by atoms with Crippen LogP contribution in [-0.4, -0.2) is 27.9 Å². The molecule has 5 heteroatoms. The van der Waals surface area contributed by atoms with Gasteiger partial charge in [0.2, 0.25) is 0 Å². The molecule has 27 heavy (non-hydrogen) atoms. The molecule has 0 spiro atoms. The predicted octanol–water partition coefficient (Wildman–Crippen LogP) is 4.40. The quantitative estimate of drug-likeness (QED) is 0.569. The topological polar surface area (TPSA) is 56.5 Å². The minimum Gasteiger partial charge on any atom is -0.490 e. The van der Waals surface area contributed by atoms with Crippen LogP contribution < -0.4 is 9.47 Å². The van der Waals surface area contributed by atoms with Crippen LogP contribution in [0.3, 0.4) is 0 Å². The fourth-order valence-corrected chi connectivity index (χ4v) is 3.20. The van der Waals surface area contributed by atoms with E-state index >= 15 is 0 Å². The number of hydrogen-bond acceptors (Lipinski definition) is 4. The van der Waals surface area contributed by atoms with Crippen molar-refractivity contribution in [1.82, 2.24) is 9.55 Å². The lowest BCUT2D eigenvalue weighted by molar-refractivity contribution is 0.260. The van der Waals surface area contributed by atoms with E-state index in [9.17, 15) is 5.11 Å². The lowest BCUT2D eigenvalue weighted by atomic mass is 10.1. The Morgan fingerprint density at radius 1 is 1.00 bits per heavy atom. The molecule has 0 atom stereocenters. The third-order valence-corrected chi connectivity index (χ3v) is 4.77. The van der Waals surface area contributed by atoms with E-state index in [1.807, 2.05) is 31.2 Å². The first-order valence-electron chi connectivity index (χ1n) is 9.56. The first-order chi connectivity index (χ1) is 13.1. The third kappa shape index (κ3) is 4.42. The molecule has 0 radical (unpaired) electrons. The van der Waals surface area contributed by atoms with Crippen LogP contribution in [-0.2, 0) is 13.2 Å². The Bertz CT molecular complexity index is 902. The normalized spacial score (nSPS) is 11.1. The van der Waals surface area contributed by atoms with E-state index in [1.165, 1.54) is 11.1 Å².